The Bertz CT molecular complexity index is 180. The van der Waals surface area contributed by atoms with Crippen LogP contribution in [0.5, 0.6) is 0 Å². The minimum atomic E-state index is 1.01. The first-order valence-corrected chi connectivity index (χ1v) is 4.63. The van der Waals surface area contributed by atoms with Crippen LogP contribution in [-0.4, -0.2) is 0 Å². The Hall–Kier alpha value is -0.260. The van der Waals surface area contributed by atoms with Gasteiger partial charge in [0.05, 0.1) is 0 Å². The molecule has 2 unspecified atom stereocenters. The Morgan fingerprint density at radius 3 is 2.90 bits per heavy atom. The molecule has 2 saturated carbocycles. The van der Waals surface area contributed by atoms with Crippen LogP contribution >= 0.6 is 0 Å². The van der Waals surface area contributed by atoms with Gasteiger partial charge >= 0.3 is 0 Å². The Kier molecular flexibility index (Phi) is 0.898. The summed E-state index contributed by atoms with van der Waals surface area (Å²) in [5.74, 6) is 4.24. The minimum absolute atomic E-state index is 1.01. The summed E-state index contributed by atoms with van der Waals surface area (Å²) in [4.78, 5) is 0. The molecule has 10 heavy (non-hydrogen) atoms. The molecule has 0 spiro atoms. The molecule has 0 aliphatic heterocycles. The monoisotopic (exact) mass is 134 g/mol. The second-order valence-electron chi connectivity index (χ2n) is 4.22. The van der Waals surface area contributed by atoms with Crippen molar-refractivity contribution in [2.75, 3.05) is 0 Å². The van der Waals surface area contributed by atoms with Crippen LogP contribution in [0.25, 0.3) is 0 Å². The van der Waals surface area contributed by atoms with E-state index in [-0.39, 0.29) is 0 Å². The fraction of sp³-hybridized carbons (Fsp3) is 0.800. The van der Waals surface area contributed by atoms with Gasteiger partial charge in [-0.2, -0.15) is 0 Å². The van der Waals surface area contributed by atoms with Crippen molar-refractivity contribution in [3.63, 3.8) is 0 Å². The molecule has 0 nitrogen and oxygen atoms in total. The lowest BCUT2D eigenvalue weighted by Gasteiger charge is -2.25. The van der Waals surface area contributed by atoms with Gasteiger partial charge in [-0.1, -0.05) is 18.6 Å². The van der Waals surface area contributed by atoms with Crippen molar-refractivity contribution in [2.45, 2.75) is 25.7 Å². The molecule has 4 atom stereocenters. The van der Waals surface area contributed by atoms with E-state index in [4.69, 9.17) is 0 Å². The third kappa shape index (κ3) is 0.492. The molecule has 3 aliphatic rings. The number of hydrogen-bond donors (Lipinski definition) is 0. The van der Waals surface area contributed by atoms with Gasteiger partial charge in [-0.3, -0.25) is 0 Å². The molecule has 0 heterocycles. The van der Waals surface area contributed by atoms with E-state index in [2.05, 4.69) is 12.2 Å². The molecular formula is C10H14. The van der Waals surface area contributed by atoms with Gasteiger partial charge in [-0.05, 0) is 42.9 Å². The van der Waals surface area contributed by atoms with E-state index in [1.54, 1.807) is 0 Å². The van der Waals surface area contributed by atoms with Crippen LogP contribution in [0.15, 0.2) is 12.2 Å². The van der Waals surface area contributed by atoms with Gasteiger partial charge in [-0.15, -0.1) is 0 Å². The van der Waals surface area contributed by atoms with Crippen molar-refractivity contribution in [2.24, 2.45) is 23.7 Å². The maximum Gasteiger partial charge on any atom is -0.0171 e. The van der Waals surface area contributed by atoms with E-state index in [9.17, 15) is 0 Å². The van der Waals surface area contributed by atoms with Crippen molar-refractivity contribution in [3.8, 4) is 0 Å². The van der Waals surface area contributed by atoms with Gasteiger partial charge in [0.15, 0.2) is 0 Å². The fourth-order valence-electron chi connectivity index (χ4n) is 3.44. The van der Waals surface area contributed by atoms with Crippen LogP contribution < -0.4 is 0 Å². The van der Waals surface area contributed by atoms with Crippen LogP contribution in [-0.2, 0) is 0 Å². The molecule has 2 fully saturated rings. The molecule has 0 amide bonds. The second-order valence-corrected chi connectivity index (χ2v) is 4.22. The second kappa shape index (κ2) is 1.66. The molecular weight excluding hydrogens is 120 g/mol. The molecule has 3 aliphatic carbocycles. The predicted octanol–water partition coefficient (Wildman–Crippen LogP) is 2.61. The Morgan fingerprint density at radius 1 is 1.10 bits per heavy atom. The van der Waals surface area contributed by atoms with Crippen LogP contribution in [0.2, 0.25) is 0 Å². The molecule has 0 radical (unpaired) electrons. The lowest BCUT2D eigenvalue weighted by molar-refractivity contribution is 0.280. The maximum atomic E-state index is 2.50. The van der Waals surface area contributed by atoms with Crippen molar-refractivity contribution >= 4 is 0 Å². The topological polar surface area (TPSA) is 0 Å². The van der Waals surface area contributed by atoms with Crippen LogP contribution in [0.1, 0.15) is 25.7 Å². The van der Waals surface area contributed by atoms with E-state index in [0.717, 1.165) is 23.7 Å². The highest BCUT2D eigenvalue weighted by Crippen LogP contribution is 2.55. The average Bonchev–Trinajstić information content (AvgIpc) is 2.44. The lowest BCUT2D eigenvalue weighted by atomic mass is 9.80. The molecule has 0 aromatic rings. The standard InChI is InChI=1S/C10H14/c1-2-7-6-8-4-5-10(7)9(8)3-1/h4-5,7-10H,1-3,6H2/t7?,8-,9?,10+/m0/s1. The van der Waals surface area contributed by atoms with Gasteiger partial charge < -0.3 is 0 Å². The summed E-state index contributed by atoms with van der Waals surface area (Å²) in [6.07, 6.45) is 11.1. The van der Waals surface area contributed by atoms with E-state index < -0.39 is 0 Å². The van der Waals surface area contributed by atoms with Gasteiger partial charge in [0.1, 0.15) is 0 Å². The lowest BCUT2D eigenvalue weighted by Crippen LogP contribution is -2.16. The van der Waals surface area contributed by atoms with Crippen molar-refractivity contribution in [1.82, 2.24) is 0 Å². The highest BCUT2D eigenvalue weighted by atomic mass is 14.5. The smallest absolute Gasteiger partial charge is 0.0171 e. The summed E-state index contributed by atoms with van der Waals surface area (Å²) in [7, 11) is 0. The molecule has 0 aromatic heterocycles. The average molecular weight is 134 g/mol. The van der Waals surface area contributed by atoms with E-state index in [0.29, 0.717) is 0 Å². The molecule has 0 saturated heterocycles. The fourth-order valence-corrected chi connectivity index (χ4v) is 3.44. The Morgan fingerprint density at radius 2 is 2.10 bits per heavy atom. The van der Waals surface area contributed by atoms with Gasteiger partial charge in [0.25, 0.3) is 0 Å². The van der Waals surface area contributed by atoms with Crippen molar-refractivity contribution in [1.29, 1.82) is 0 Å². The summed E-state index contributed by atoms with van der Waals surface area (Å²) in [6.45, 7) is 0. The number of hydrogen-bond acceptors (Lipinski definition) is 0. The first-order valence-electron chi connectivity index (χ1n) is 4.63. The van der Waals surface area contributed by atoms with Crippen LogP contribution in [0.3, 0.4) is 0 Å². The molecule has 0 heteroatoms. The third-order valence-electron chi connectivity index (χ3n) is 3.86. The predicted molar refractivity (Wildman–Crippen MR) is 41.6 cm³/mol. The Labute approximate surface area is 62.3 Å². The number of rotatable bonds is 0. The summed E-state index contributed by atoms with van der Waals surface area (Å²) >= 11 is 0. The SMILES string of the molecule is C1=C[C@H]2CC3CCCC2[C@H]13. The number of allylic oxidation sites excluding steroid dienone is 2. The summed E-state index contributed by atoms with van der Waals surface area (Å²) in [5.41, 5.74) is 0. The largest absolute Gasteiger partial charge is 0.0848 e. The molecule has 0 aromatic carbocycles. The van der Waals surface area contributed by atoms with E-state index in [1.807, 2.05) is 0 Å². The zero-order valence-corrected chi connectivity index (χ0v) is 6.29. The first-order chi connectivity index (χ1) is 4.95. The molecule has 0 N–H and O–H groups in total. The Balaban J connectivity index is 2.00. The summed E-state index contributed by atoms with van der Waals surface area (Å²) in [6, 6.07) is 0. The molecule has 4 bridgehead atoms. The van der Waals surface area contributed by atoms with Crippen LogP contribution in [0.4, 0.5) is 0 Å². The first kappa shape index (κ1) is 5.40. The summed E-state index contributed by atoms with van der Waals surface area (Å²) < 4.78 is 0. The van der Waals surface area contributed by atoms with Gasteiger partial charge in [-0.25, -0.2) is 0 Å². The van der Waals surface area contributed by atoms with Gasteiger partial charge in [0.2, 0.25) is 0 Å². The maximum absolute atomic E-state index is 2.50. The van der Waals surface area contributed by atoms with E-state index in [1.165, 1.54) is 25.7 Å². The molecule has 54 valence electrons. The zero-order valence-electron chi connectivity index (χ0n) is 6.29. The van der Waals surface area contributed by atoms with E-state index >= 15 is 0 Å². The highest BCUT2D eigenvalue weighted by molar-refractivity contribution is 5.15. The zero-order chi connectivity index (χ0) is 6.55. The molecule has 3 rings (SSSR count). The normalized spacial score (nSPS) is 56.0. The minimum Gasteiger partial charge on any atom is -0.0848 e. The van der Waals surface area contributed by atoms with Crippen molar-refractivity contribution < 1.29 is 0 Å². The summed E-state index contributed by atoms with van der Waals surface area (Å²) in [5, 5.41) is 0. The van der Waals surface area contributed by atoms with Crippen molar-refractivity contribution in [3.05, 3.63) is 12.2 Å². The van der Waals surface area contributed by atoms with Gasteiger partial charge in [0, 0.05) is 0 Å². The quantitative estimate of drug-likeness (QED) is 0.447. The highest BCUT2D eigenvalue weighted by Gasteiger charge is 2.45. The third-order valence-corrected chi connectivity index (χ3v) is 3.86. The van der Waals surface area contributed by atoms with Crippen LogP contribution in [0, 0.1) is 23.7 Å².